The van der Waals surface area contributed by atoms with Gasteiger partial charge < -0.3 is 10.4 Å². The molecule has 7 heteroatoms. The largest absolute Gasteiger partial charge is 0.481 e. The van der Waals surface area contributed by atoms with Gasteiger partial charge in [-0.3, -0.25) is 9.59 Å². The van der Waals surface area contributed by atoms with Crippen LogP contribution in [0.3, 0.4) is 0 Å². The predicted molar refractivity (Wildman–Crippen MR) is 71.1 cm³/mol. The summed E-state index contributed by atoms with van der Waals surface area (Å²) in [5, 5.41) is 11.3. The Morgan fingerprint density at radius 3 is 2.35 bits per heavy atom. The average molecular weight is 348 g/mol. The van der Waals surface area contributed by atoms with Crippen LogP contribution >= 0.6 is 15.9 Å². The van der Waals surface area contributed by atoms with Crippen molar-refractivity contribution in [3.8, 4) is 0 Å². The lowest BCUT2D eigenvalue weighted by Gasteiger charge is -2.09. The Morgan fingerprint density at radius 2 is 1.90 bits per heavy atom. The zero-order chi connectivity index (χ0) is 15.2. The molecule has 0 saturated heterocycles. The SMILES string of the molecule is CC1(C)C(C(=O)O)C1C(=O)Nc1c(F)cc(F)cc1Br. The molecule has 1 fully saturated rings. The lowest BCUT2D eigenvalue weighted by atomic mass is 10.1. The number of carbonyl (C=O) groups is 2. The van der Waals surface area contributed by atoms with Crippen LogP contribution in [0.5, 0.6) is 0 Å². The number of benzene rings is 1. The zero-order valence-corrected chi connectivity index (χ0v) is 12.3. The fraction of sp³-hybridized carbons (Fsp3) is 0.385. The first-order valence-electron chi connectivity index (χ1n) is 5.84. The highest BCUT2D eigenvalue weighted by molar-refractivity contribution is 9.10. The summed E-state index contributed by atoms with van der Waals surface area (Å²) in [6, 6.07) is 1.67. The van der Waals surface area contributed by atoms with Crippen LogP contribution in [0.1, 0.15) is 13.8 Å². The van der Waals surface area contributed by atoms with Crippen molar-refractivity contribution in [1.82, 2.24) is 0 Å². The molecule has 4 nitrogen and oxygen atoms in total. The van der Waals surface area contributed by atoms with Crippen molar-refractivity contribution in [1.29, 1.82) is 0 Å². The highest BCUT2D eigenvalue weighted by Crippen LogP contribution is 2.58. The van der Waals surface area contributed by atoms with Gasteiger partial charge in [0, 0.05) is 10.5 Å². The van der Waals surface area contributed by atoms with Crippen molar-refractivity contribution in [3.05, 3.63) is 28.2 Å². The van der Waals surface area contributed by atoms with Crippen LogP contribution in [0, 0.1) is 28.9 Å². The van der Waals surface area contributed by atoms with E-state index in [4.69, 9.17) is 5.11 Å². The molecule has 1 aromatic rings. The first-order chi connectivity index (χ1) is 9.16. The summed E-state index contributed by atoms with van der Waals surface area (Å²) >= 11 is 2.96. The molecule has 2 unspecified atom stereocenters. The third kappa shape index (κ3) is 2.42. The molecule has 2 atom stereocenters. The summed E-state index contributed by atoms with van der Waals surface area (Å²) < 4.78 is 26.6. The van der Waals surface area contributed by atoms with Crippen LogP contribution < -0.4 is 5.32 Å². The number of rotatable bonds is 3. The number of aliphatic carboxylic acids is 1. The minimum absolute atomic E-state index is 0.0636. The maximum absolute atomic E-state index is 13.6. The standard InChI is InChI=1S/C13H12BrF2NO3/c1-13(2)8(9(13)12(19)20)11(18)17-10-6(14)3-5(15)4-7(10)16/h3-4,8-9H,1-2H3,(H,17,18)(H,19,20). The number of halogens is 3. The number of nitrogens with one attached hydrogen (secondary N) is 1. The van der Waals surface area contributed by atoms with E-state index in [1.54, 1.807) is 13.8 Å². The van der Waals surface area contributed by atoms with Crippen LogP contribution in [0.25, 0.3) is 0 Å². The lowest BCUT2D eigenvalue weighted by molar-refractivity contribution is -0.140. The van der Waals surface area contributed by atoms with E-state index in [9.17, 15) is 18.4 Å². The number of hydrogen-bond acceptors (Lipinski definition) is 2. The number of carboxylic acids is 1. The molecule has 0 aromatic heterocycles. The molecule has 108 valence electrons. The van der Waals surface area contributed by atoms with Gasteiger partial charge in [0.25, 0.3) is 0 Å². The van der Waals surface area contributed by atoms with Crippen molar-refractivity contribution in [2.24, 2.45) is 17.3 Å². The molecule has 1 amide bonds. The molecule has 1 aliphatic carbocycles. The summed E-state index contributed by atoms with van der Waals surface area (Å²) in [5.41, 5.74) is -0.873. The van der Waals surface area contributed by atoms with Gasteiger partial charge in [0.05, 0.1) is 17.5 Å². The summed E-state index contributed by atoms with van der Waals surface area (Å²) in [5.74, 6) is -4.89. The Kier molecular flexibility index (Phi) is 3.58. The molecule has 20 heavy (non-hydrogen) atoms. The zero-order valence-electron chi connectivity index (χ0n) is 10.7. The first-order valence-corrected chi connectivity index (χ1v) is 6.63. The molecule has 1 aliphatic rings. The van der Waals surface area contributed by atoms with Crippen molar-refractivity contribution in [2.45, 2.75) is 13.8 Å². The van der Waals surface area contributed by atoms with Crippen molar-refractivity contribution in [2.75, 3.05) is 5.32 Å². The lowest BCUT2D eigenvalue weighted by Crippen LogP contribution is -2.19. The van der Waals surface area contributed by atoms with Crippen molar-refractivity contribution < 1.29 is 23.5 Å². The monoisotopic (exact) mass is 347 g/mol. The van der Waals surface area contributed by atoms with Crippen LogP contribution in [-0.2, 0) is 9.59 Å². The van der Waals surface area contributed by atoms with Crippen molar-refractivity contribution in [3.63, 3.8) is 0 Å². The Hall–Kier alpha value is -1.50. The maximum Gasteiger partial charge on any atom is 0.307 e. The van der Waals surface area contributed by atoms with Gasteiger partial charge in [-0.15, -0.1) is 0 Å². The van der Waals surface area contributed by atoms with E-state index in [-0.39, 0.29) is 10.2 Å². The van der Waals surface area contributed by atoms with Gasteiger partial charge in [0.1, 0.15) is 5.82 Å². The van der Waals surface area contributed by atoms with Gasteiger partial charge in [0.15, 0.2) is 5.82 Å². The van der Waals surface area contributed by atoms with Gasteiger partial charge in [-0.1, -0.05) is 13.8 Å². The Labute approximate surface area is 122 Å². The maximum atomic E-state index is 13.6. The Bertz CT molecular complexity index is 580. The van der Waals surface area contributed by atoms with Crippen LogP contribution in [0.4, 0.5) is 14.5 Å². The highest BCUT2D eigenvalue weighted by Gasteiger charge is 2.65. The Morgan fingerprint density at radius 1 is 1.30 bits per heavy atom. The fourth-order valence-corrected chi connectivity index (χ4v) is 2.96. The molecule has 0 heterocycles. The van der Waals surface area contributed by atoms with E-state index in [1.807, 2.05) is 0 Å². The van der Waals surface area contributed by atoms with Gasteiger partial charge >= 0.3 is 5.97 Å². The molecule has 1 aromatic carbocycles. The molecule has 0 spiro atoms. The molecular formula is C13H12BrF2NO3. The van der Waals surface area contributed by atoms with Gasteiger partial charge in [-0.05, 0) is 27.4 Å². The first kappa shape index (κ1) is 14.9. The molecular weight excluding hydrogens is 336 g/mol. The van der Waals surface area contributed by atoms with Crippen LogP contribution in [0.2, 0.25) is 0 Å². The summed E-state index contributed by atoms with van der Waals surface area (Å²) in [7, 11) is 0. The van der Waals surface area contributed by atoms with Crippen LogP contribution in [0.15, 0.2) is 16.6 Å². The molecule has 1 saturated carbocycles. The highest BCUT2D eigenvalue weighted by atomic mass is 79.9. The molecule has 0 radical (unpaired) electrons. The molecule has 2 rings (SSSR count). The number of hydrogen-bond donors (Lipinski definition) is 2. The fourth-order valence-electron chi connectivity index (χ4n) is 2.45. The smallest absolute Gasteiger partial charge is 0.307 e. The second kappa shape index (κ2) is 4.80. The summed E-state index contributed by atoms with van der Waals surface area (Å²) in [6.07, 6.45) is 0. The average Bonchev–Trinajstić information content (AvgIpc) is 2.86. The van der Waals surface area contributed by atoms with E-state index in [1.165, 1.54) is 0 Å². The minimum atomic E-state index is -1.06. The second-order valence-corrected chi connectivity index (χ2v) is 6.20. The third-order valence-electron chi connectivity index (χ3n) is 3.63. The Balaban J connectivity index is 2.20. The molecule has 0 aliphatic heterocycles. The number of amides is 1. The van der Waals surface area contributed by atoms with Gasteiger partial charge in [-0.2, -0.15) is 0 Å². The topological polar surface area (TPSA) is 66.4 Å². The third-order valence-corrected chi connectivity index (χ3v) is 4.26. The van der Waals surface area contributed by atoms with E-state index in [2.05, 4.69) is 21.2 Å². The normalized spacial score (nSPS) is 23.2. The molecule has 0 bridgehead atoms. The molecule has 2 N–H and O–H groups in total. The predicted octanol–water partition coefficient (Wildman–Crippen LogP) is 3.02. The summed E-state index contributed by atoms with van der Waals surface area (Å²) in [4.78, 5) is 23.0. The van der Waals surface area contributed by atoms with Crippen molar-refractivity contribution >= 4 is 33.5 Å². The van der Waals surface area contributed by atoms with Gasteiger partial charge in [-0.25, -0.2) is 8.78 Å². The number of anilines is 1. The van der Waals surface area contributed by atoms with Gasteiger partial charge in [0.2, 0.25) is 5.91 Å². The number of carboxylic acid groups (broad SMARTS) is 1. The van der Waals surface area contributed by atoms with E-state index < -0.39 is 40.8 Å². The van der Waals surface area contributed by atoms with E-state index in [0.29, 0.717) is 6.07 Å². The number of carbonyl (C=O) groups excluding carboxylic acids is 1. The van der Waals surface area contributed by atoms with E-state index in [0.717, 1.165) is 6.07 Å². The summed E-state index contributed by atoms with van der Waals surface area (Å²) in [6.45, 7) is 3.32. The minimum Gasteiger partial charge on any atom is -0.481 e. The quantitative estimate of drug-likeness (QED) is 0.883. The van der Waals surface area contributed by atoms with E-state index >= 15 is 0 Å². The second-order valence-electron chi connectivity index (χ2n) is 5.35. The van der Waals surface area contributed by atoms with Crippen LogP contribution in [-0.4, -0.2) is 17.0 Å².